The van der Waals surface area contributed by atoms with Crippen LogP contribution in [0.25, 0.3) is 0 Å². The fourth-order valence-corrected chi connectivity index (χ4v) is 1.67. The molecule has 0 saturated carbocycles. The van der Waals surface area contributed by atoms with E-state index >= 15 is 0 Å². The highest BCUT2D eigenvalue weighted by Crippen LogP contribution is 2.21. The van der Waals surface area contributed by atoms with Gasteiger partial charge in [-0.2, -0.15) is 0 Å². The highest BCUT2D eigenvalue weighted by atomic mass is 79.9. The summed E-state index contributed by atoms with van der Waals surface area (Å²) in [6, 6.07) is 1.60. The standard InChI is InChI=1S/C9H9BrClNO2/c1-3-14-9(13)6-4-7(10)12-8(11)5(6)2/h4H,3H2,1-2H3. The van der Waals surface area contributed by atoms with Crippen LogP contribution in [0, 0.1) is 6.92 Å². The molecular weight excluding hydrogens is 269 g/mol. The van der Waals surface area contributed by atoms with Gasteiger partial charge in [-0.15, -0.1) is 0 Å². The van der Waals surface area contributed by atoms with Crippen LogP contribution in [0.2, 0.25) is 5.15 Å². The molecule has 0 fully saturated rings. The molecule has 0 aliphatic carbocycles. The Morgan fingerprint density at radius 1 is 1.71 bits per heavy atom. The van der Waals surface area contributed by atoms with Gasteiger partial charge in [0.25, 0.3) is 0 Å². The van der Waals surface area contributed by atoms with Crippen molar-refractivity contribution >= 4 is 33.5 Å². The summed E-state index contributed by atoms with van der Waals surface area (Å²) in [7, 11) is 0. The Labute approximate surface area is 95.6 Å². The number of hydrogen-bond acceptors (Lipinski definition) is 3. The molecule has 0 unspecified atom stereocenters. The normalized spacial score (nSPS) is 10.0. The third kappa shape index (κ3) is 2.45. The van der Waals surface area contributed by atoms with Crippen molar-refractivity contribution in [2.24, 2.45) is 0 Å². The molecule has 0 aromatic carbocycles. The molecule has 1 rings (SSSR count). The summed E-state index contributed by atoms with van der Waals surface area (Å²) in [5.41, 5.74) is 1.08. The molecule has 0 spiro atoms. The molecule has 0 saturated heterocycles. The molecule has 0 N–H and O–H groups in total. The monoisotopic (exact) mass is 277 g/mol. The van der Waals surface area contributed by atoms with Gasteiger partial charge in [-0.25, -0.2) is 9.78 Å². The zero-order valence-corrected chi connectivity index (χ0v) is 10.1. The minimum absolute atomic E-state index is 0.308. The molecule has 5 heteroatoms. The first-order valence-electron chi connectivity index (χ1n) is 4.06. The third-order valence-corrected chi connectivity index (χ3v) is 2.45. The first-order chi connectivity index (χ1) is 6.56. The van der Waals surface area contributed by atoms with Gasteiger partial charge >= 0.3 is 5.97 Å². The quantitative estimate of drug-likeness (QED) is 0.617. The second kappa shape index (κ2) is 4.75. The molecule has 0 aliphatic heterocycles. The highest BCUT2D eigenvalue weighted by molar-refractivity contribution is 9.10. The van der Waals surface area contributed by atoms with Crippen LogP contribution in [0.3, 0.4) is 0 Å². The minimum atomic E-state index is -0.380. The number of nitrogens with zero attached hydrogens (tertiary/aromatic N) is 1. The average Bonchev–Trinajstić information content (AvgIpc) is 2.11. The van der Waals surface area contributed by atoms with E-state index in [1.54, 1.807) is 19.9 Å². The van der Waals surface area contributed by atoms with E-state index in [9.17, 15) is 4.79 Å². The lowest BCUT2D eigenvalue weighted by molar-refractivity contribution is 0.0525. The second-order valence-corrected chi connectivity index (χ2v) is 3.80. The lowest BCUT2D eigenvalue weighted by atomic mass is 10.2. The number of rotatable bonds is 2. The Balaban J connectivity index is 3.13. The Hall–Kier alpha value is -0.610. The summed E-state index contributed by atoms with van der Waals surface area (Å²) in [6.45, 7) is 3.83. The molecule has 0 bridgehead atoms. The third-order valence-electron chi connectivity index (χ3n) is 1.68. The van der Waals surface area contributed by atoms with E-state index < -0.39 is 0 Å². The van der Waals surface area contributed by atoms with Crippen LogP contribution in [0.1, 0.15) is 22.8 Å². The predicted octanol–water partition coefficient (Wildman–Crippen LogP) is 2.98. The Kier molecular flexibility index (Phi) is 3.89. The van der Waals surface area contributed by atoms with Gasteiger partial charge in [0.15, 0.2) is 0 Å². The van der Waals surface area contributed by atoms with Crippen molar-refractivity contribution in [2.75, 3.05) is 6.61 Å². The van der Waals surface area contributed by atoms with Gasteiger partial charge in [0.1, 0.15) is 9.76 Å². The van der Waals surface area contributed by atoms with Crippen molar-refractivity contribution < 1.29 is 9.53 Å². The molecule has 3 nitrogen and oxygen atoms in total. The summed E-state index contributed by atoms with van der Waals surface area (Å²) >= 11 is 8.98. The average molecular weight is 279 g/mol. The number of pyridine rings is 1. The molecule has 14 heavy (non-hydrogen) atoms. The number of aromatic nitrogens is 1. The summed E-state index contributed by atoms with van der Waals surface area (Å²) in [5, 5.41) is 0.308. The topological polar surface area (TPSA) is 39.2 Å². The van der Waals surface area contributed by atoms with E-state index in [-0.39, 0.29) is 5.97 Å². The molecule has 0 radical (unpaired) electrons. The predicted molar refractivity (Wildman–Crippen MR) is 57.6 cm³/mol. The molecule has 0 amide bonds. The van der Waals surface area contributed by atoms with Crippen LogP contribution < -0.4 is 0 Å². The van der Waals surface area contributed by atoms with Crippen LogP contribution in [0.4, 0.5) is 0 Å². The van der Waals surface area contributed by atoms with Crippen molar-refractivity contribution in [2.45, 2.75) is 13.8 Å². The van der Waals surface area contributed by atoms with E-state index in [1.807, 2.05) is 0 Å². The first kappa shape index (κ1) is 11.5. The lowest BCUT2D eigenvalue weighted by Crippen LogP contribution is -2.07. The van der Waals surface area contributed by atoms with Gasteiger partial charge in [-0.05, 0) is 35.8 Å². The summed E-state index contributed by atoms with van der Waals surface area (Å²) in [6.07, 6.45) is 0. The number of ether oxygens (including phenoxy) is 1. The van der Waals surface area contributed by atoms with Gasteiger partial charge in [-0.3, -0.25) is 0 Å². The van der Waals surface area contributed by atoms with Gasteiger partial charge < -0.3 is 4.74 Å². The first-order valence-corrected chi connectivity index (χ1v) is 5.23. The molecule has 0 aliphatic rings. The number of halogens is 2. The minimum Gasteiger partial charge on any atom is -0.462 e. The van der Waals surface area contributed by atoms with Crippen LogP contribution in [0.15, 0.2) is 10.7 Å². The molecular formula is C9H9BrClNO2. The number of carbonyl (C=O) groups excluding carboxylic acids is 1. The van der Waals surface area contributed by atoms with E-state index in [2.05, 4.69) is 20.9 Å². The lowest BCUT2D eigenvalue weighted by Gasteiger charge is -2.06. The largest absolute Gasteiger partial charge is 0.462 e. The van der Waals surface area contributed by atoms with Crippen molar-refractivity contribution in [3.63, 3.8) is 0 Å². The molecule has 1 aromatic rings. The Morgan fingerprint density at radius 3 is 2.93 bits per heavy atom. The van der Waals surface area contributed by atoms with Crippen LogP contribution >= 0.6 is 27.5 Å². The van der Waals surface area contributed by atoms with E-state index in [4.69, 9.17) is 16.3 Å². The maximum Gasteiger partial charge on any atom is 0.338 e. The molecule has 1 heterocycles. The zero-order chi connectivity index (χ0) is 10.7. The van der Waals surface area contributed by atoms with Gasteiger partial charge in [0, 0.05) is 5.56 Å². The summed E-state index contributed by atoms with van der Waals surface area (Å²) in [5.74, 6) is -0.380. The fraction of sp³-hybridized carbons (Fsp3) is 0.333. The van der Waals surface area contributed by atoms with Crippen LogP contribution in [0.5, 0.6) is 0 Å². The number of esters is 1. The SMILES string of the molecule is CCOC(=O)c1cc(Br)nc(Cl)c1C. The van der Waals surface area contributed by atoms with E-state index in [1.165, 1.54) is 0 Å². The smallest absolute Gasteiger partial charge is 0.338 e. The fourth-order valence-electron chi connectivity index (χ4n) is 0.969. The van der Waals surface area contributed by atoms with Gasteiger partial charge in [0.2, 0.25) is 0 Å². The molecule has 76 valence electrons. The summed E-state index contributed by atoms with van der Waals surface area (Å²) < 4.78 is 5.40. The van der Waals surface area contributed by atoms with E-state index in [0.29, 0.717) is 27.5 Å². The van der Waals surface area contributed by atoms with Gasteiger partial charge in [-0.1, -0.05) is 11.6 Å². The van der Waals surface area contributed by atoms with Crippen LogP contribution in [-0.4, -0.2) is 17.6 Å². The van der Waals surface area contributed by atoms with E-state index in [0.717, 1.165) is 0 Å². The van der Waals surface area contributed by atoms with Crippen molar-refractivity contribution in [3.05, 3.63) is 26.9 Å². The van der Waals surface area contributed by atoms with Crippen molar-refractivity contribution in [1.29, 1.82) is 0 Å². The highest BCUT2D eigenvalue weighted by Gasteiger charge is 2.14. The molecule has 1 aromatic heterocycles. The zero-order valence-electron chi connectivity index (χ0n) is 7.80. The Morgan fingerprint density at radius 2 is 2.36 bits per heavy atom. The number of carbonyl (C=O) groups is 1. The maximum atomic E-state index is 11.4. The maximum absolute atomic E-state index is 11.4. The Bertz CT molecular complexity index is 368. The van der Waals surface area contributed by atoms with Crippen LogP contribution in [-0.2, 0) is 4.74 Å². The summed E-state index contributed by atoms with van der Waals surface area (Å²) in [4.78, 5) is 15.4. The second-order valence-electron chi connectivity index (χ2n) is 2.63. The number of hydrogen-bond donors (Lipinski definition) is 0. The van der Waals surface area contributed by atoms with Gasteiger partial charge in [0.05, 0.1) is 12.2 Å². The van der Waals surface area contributed by atoms with Crippen molar-refractivity contribution in [1.82, 2.24) is 4.98 Å². The molecule has 0 atom stereocenters. The van der Waals surface area contributed by atoms with Crippen molar-refractivity contribution in [3.8, 4) is 0 Å².